The highest BCUT2D eigenvalue weighted by atomic mass is 32.2. The number of allylic oxidation sites excluding steroid dienone is 1. The van der Waals surface area contributed by atoms with Gasteiger partial charge in [0.2, 0.25) is 11.7 Å². The van der Waals surface area contributed by atoms with Gasteiger partial charge in [0.25, 0.3) is 0 Å². The van der Waals surface area contributed by atoms with E-state index in [2.05, 4.69) is 26.9 Å². The van der Waals surface area contributed by atoms with E-state index in [-0.39, 0.29) is 5.82 Å². The average molecular weight is 381 g/mol. The van der Waals surface area contributed by atoms with Crippen LogP contribution in [0, 0.1) is 6.92 Å². The highest BCUT2D eigenvalue weighted by Crippen LogP contribution is 2.30. The Bertz CT molecular complexity index is 901. The Kier molecular flexibility index (Phi) is 5.12. The van der Waals surface area contributed by atoms with Crippen molar-refractivity contribution in [3.8, 4) is 11.4 Å². The van der Waals surface area contributed by atoms with Crippen LogP contribution in [-0.4, -0.2) is 24.9 Å². The van der Waals surface area contributed by atoms with Gasteiger partial charge >= 0.3 is 6.18 Å². The van der Waals surface area contributed by atoms with Gasteiger partial charge in [-0.1, -0.05) is 35.1 Å². The molecule has 0 aliphatic heterocycles. The molecule has 136 valence electrons. The van der Waals surface area contributed by atoms with Crippen molar-refractivity contribution in [3.63, 3.8) is 0 Å². The summed E-state index contributed by atoms with van der Waals surface area (Å²) in [6.45, 7) is 6.13. The molecular weight excluding hydrogens is 367 g/mol. The van der Waals surface area contributed by atoms with Gasteiger partial charge < -0.3 is 9.09 Å². The van der Waals surface area contributed by atoms with E-state index >= 15 is 0 Å². The minimum absolute atomic E-state index is 0.234. The molecule has 0 radical (unpaired) electrons. The summed E-state index contributed by atoms with van der Waals surface area (Å²) >= 11 is 1.37. The number of alkyl halides is 3. The summed E-state index contributed by atoms with van der Waals surface area (Å²) in [6.07, 6.45) is -2.63. The lowest BCUT2D eigenvalue weighted by molar-refractivity contribution is -0.137. The van der Waals surface area contributed by atoms with Gasteiger partial charge in [-0.3, -0.25) is 0 Å². The SMILES string of the molecule is C=CCn1c(C)nnc1SCc1nc(-c2ccc(C(F)(F)F)cc2)no1. The molecule has 0 unspecified atom stereocenters. The molecule has 3 aromatic rings. The van der Waals surface area contributed by atoms with Crippen LogP contribution in [0.4, 0.5) is 13.2 Å². The van der Waals surface area contributed by atoms with E-state index in [1.807, 2.05) is 11.5 Å². The van der Waals surface area contributed by atoms with Crippen LogP contribution >= 0.6 is 11.8 Å². The van der Waals surface area contributed by atoms with E-state index in [1.165, 1.54) is 23.9 Å². The number of benzene rings is 1. The number of hydrogen-bond donors (Lipinski definition) is 0. The van der Waals surface area contributed by atoms with E-state index < -0.39 is 11.7 Å². The minimum atomic E-state index is -4.38. The third-order valence-corrected chi connectivity index (χ3v) is 4.43. The Labute approximate surface area is 151 Å². The highest BCUT2D eigenvalue weighted by molar-refractivity contribution is 7.98. The molecule has 0 amide bonds. The van der Waals surface area contributed by atoms with Crippen molar-refractivity contribution in [1.82, 2.24) is 24.9 Å². The first-order chi connectivity index (χ1) is 12.4. The summed E-state index contributed by atoms with van der Waals surface area (Å²) < 4.78 is 44.9. The van der Waals surface area contributed by atoms with Crippen LogP contribution in [0.3, 0.4) is 0 Å². The van der Waals surface area contributed by atoms with Crippen molar-refractivity contribution in [1.29, 1.82) is 0 Å². The fourth-order valence-electron chi connectivity index (χ4n) is 2.17. The van der Waals surface area contributed by atoms with Crippen molar-refractivity contribution < 1.29 is 17.7 Å². The molecule has 0 spiro atoms. The molecule has 2 aromatic heterocycles. The fraction of sp³-hybridized carbons (Fsp3) is 0.250. The third-order valence-electron chi connectivity index (χ3n) is 3.48. The predicted octanol–water partition coefficient (Wildman–Crippen LogP) is 4.13. The van der Waals surface area contributed by atoms with Crippen molar-refractivity contribution in [3.05, 3.63) is 54.2 Å². The molecule has 2 heterocycles. The lowest BCUT2D eigenvalue weighted by Crippen LogP contribution is -2.04. The van der Waals surface area contributed by atoms with Crippen molar-refractivity contribution in [2.24, 2.45) is 0 Å². The average Bonchev–Trinajstić information content (AvgIpc) is 3.21. The van der Waals surface area contributed by atoms with Gasteiger partial charge in [-0.15, -0.1) is 16.8 Å². The molecule has 10 heteroatoms. The Hall–Kier alpha value is -2.62. The Morgan fingerprint density at radius 3 is 2.62 bits per heavy atom. The number of nitrogens with zero attached hydrogens (tertiary/aromatic N) is 5. The topological polar surface area (TPSA) is 69.6 Å². The highest BCUT2D eigenvalue weighted by Gasteiger charge is 2.30. The zero-order valence-corrected chi connectivity index (χ0v) is 14.5. The molecule has 0 saturated heterocycles. The summed E-state index contributed by atoms with van der Waals surface area (Å²) in [5, 5.41) is 12.6. The molecule has 3 rings (SSSR count). The summed E-state index contributed by atoms with van der Waals surface area (Å²) in [4.78, 5) is 4.21. The minimum Gasteiger partial charge on any atom is -0.338 e. The normalized spacial score (nSPS) is 11.7. The summed E-state index contributed by atoms with van der Waals surface area (Å²) in [5.74, 6) is 1.71. The van der Waals surface area contributed by atoms with Crippen molar-refractivity contribution in [2.75, 3.05) is 0 Å². The van der Waals surface area contributed by atoms with Gasteiger partial charge in [-0.25, -0.2) is 0 Å². The molecule has 0 aliphatic rings. The van der Waals surface area contributed by atoms with Gasteiger partial charge in [0.05, 0.1) is 11.3 Å². The maximum atomic E-state index is 12.6. The fourth-order valence-corrected chi connectivity index (χ4v) is 3.00. The standard InChI is InChI=1S/C16H14F3N5OS/c1-3-8-24-10(2)21-22-15(24)26-9-13-20-14(23-25-13)11-4-6-12(7-5-11)16(17,18)19/h3-7H,1,8-9H2,2H3. The molecule has 26 heavy (non-hydrogen) atoms. The maximum Gasteiger partial charge on any atom is 0.416 e. The van der Waals surface area contributed by atoms with E-state index in [9.17, 15) is 13.2 Å². The van der Waals surface area contributed by atoms with Gasteiger partial charge in [-0.05, 0) is 19.1 Å². The largest absolute Gasteiger partial charge is 0.416 e. The third kappa shape index (κ3) is 3.96. The number of rotatable bonds is 6. The molecule has 0 N–H and O–H groups in total. The van der Waals surface area contributed by atoms with Gasteiger partial charge in [0.1, 0.15) is 5.82 Å². The number of hydrogen-bond acceptors (Lipinski definition) is 6. The van der Waals surface area contributed by atoms with Crippen LogP contribution in [-0.2, 0) is 18.5 Å². The van der Waals surface area contributed by atoms with Gasteiger partial charge in [-0.2, -0.15) is 18.2 Å². The Morgan fingerprint density at radius 2 is 1.96 bits per heavy atom. The molecule has 0 saturated carbocycles. The second-order valence-corrected chi connectivity index (χ2v) is 6.25. The van der Waals surface area contributed by atoms with Crippen LogP contribution in [0.25, 0.3) is 11.4 Å². The Balaban J connectivity index is 1.69. The molecule has 0 bridgehead atoms. The van der Waals surface area contributed by atoms with Crippen molar-refractivity contribution >= 4 is 11.8 Å². The predicted molar refractivity (Wildman–Crippen MR) is 89.3 cm³/mol. The monoisotopic (exact) mass is 381 g/mol. The lowest BCUT2D eigenvalue weighted by Gasteiger charge is -2.05. The van der Waals surface area contributed by atoms with Crippen LogP contribution in [0.5, 0.6) is 0 Å². The molecule has 6 nitrogen and oxygen atoms in total. The summed E-state index contributed by atoms with van der Waals surface area (Å²) in [6, 6.07) is 4.60. The maximum absolute atomic E-state index is 12.6. The van der Waals surface area contributed by atoms with E-state index in [1.54, 1.807) is 6.08 Å². The van der Waals surface area contributed by atoms with Crippen LogP contribution in [0.2, 0.25) is 0 Å². The zero-order chi connectivity index (χ0) is 18.7. The molecule has 0 fully saturated rings. The van der Waals surface area contributed by atoms with E-state index in [0.29, 0.717) is 28.9 Å². The molecule has 0 aliphatic carbocycles. The number of halogens is 3. The summed E-state index contributed by atoms with van der Waals surface area (Å²) in [5.41, 5.74) is -0.277. The number of aryl methyl sites for hydroxylation is 1. The van der Waals surface area contributed by atoms with Crippen molar-refractivity contribution in [2.45, 2.75) is 30.6 Å². The van der Waals surface area contributed by atoms with E-state index in [0.717, 1.165) is 18.0 Å². The Morgan fingerprint density at radius 1 is 1.23 bits per heavy atom. The molecular formula is C16H14F3N5OS. The first-order valence-corrected chi connectivity index (χ1v) is 8.50. The molecule has 0 atom stereocenters. The van der Waals surface area contributed by atoms with Crippen LogP contribution < -0.4 is 0 Å². The first-order valence-electron chi connectivity index (χ1n) is 7.52. The van der Waals surface area contributed by atoms with Crippen LogP contribution in [0.15, 0.2) is 46.6 Å². The van der Waals surface area contributed by atoms with Gasteiger partial charge in [0, 0.05) is 12.1 Å². The second kappa shape index (κ2) is 7.32. The first kappa shape index (κ1) is 18.2. The second-order valence-electron chi connectivity index (χ2n) is 5.30. The lowest BCUT2D eigenvalue weighted by atomic mass is 10.1. The molecule has 1 aromatic carbocycles. The smallest absolute Gasteiger partial charge is 0.338 e. The number of thioether (sulfide) groups is 1. The van der Waals surface area contributed by atoms with E-state index in [4.69, 9.17) is 4.52 Å². The number of aromatic nitrogens is 5. The van der Waals surface area contributed by atoms with Crippen LogP contribution in [0.1, 0.15) is 17.3 Å². The van der Waals surface area contributed by atoms with Gasteiger partial charge in [0.15, 0.2) is 5.16 Å². The quantitative estimate of drug-likeness (QED) is 0.472. The summed E-state index contributed by atoms with van der Waals surface area (Å²) in [7, 11) is 0. The zero-order valence-electron chi connectivity index (χ0n) is 13.7.